The Kier molecular flexibility index (Phi) is 5.31. The van der Waals surface area contributed by atoms with Crippen molar-refractivity contribution < 1.29 is 19.1 Å². The van der Waals surface area contributed by atoms with Crippen molar-refractivity contribution in [1.82, 2.24) is 0 Å². The quantitative estimate of drug-likeness (QED) is 0.611. The van der Waals surface area contributed by atoms with Crippen molar-refractivity contribution in [3.63, 3.8) is 0 Å². The lowest BCUT2D eigenvalue weighted by atomic mass is 9.81. The van der Waals surface area contributed by atoms with Gasteiger partial charge in [-0.2, -0.15) is 0 Å². The minimum atomic E-state index is -1.94. The SMILES string of the molecule is COC(=O)[C@H]1C[C@@](C)(O[Si](C)(C)C(C)(C)C)[C@@H]2CC[C@@H]([C@H](C)O)[C@H]12. The van der Waals surface area contributed by atoms with E-state index in [4.69, 9.17) is 9.16 Å². The molecule has 0 aromatic carbocycles. The molecule has 2 aliphatic carbocycles. The van der Waals surface area contributed by atoms with Gasteiger partial charge in [0.2, 0.25) is 0 Å². The Bertz CT molecular complexity index is 482. The molecule has 6 atom stereocenters. The third kappa shape index (κ3) is 3.32. The van der Waals surface area contributed by atoms with Crippen molar-refractivity contribution in [3.8, 4) is 0 Å². The largest absolute Gasteiger partial charge is 0.469 e. The van der Waals surface area contributed by atoms with Crippen LogP contribution in [-0.4, -0.2) is 38.2 Å². The summed E-state index contributed by atoms with van der Waals surface area (Å²) in [4.78, 5) is 12.4. The third-order valence-corrected chi connectivity index (χ3v) is 11.7. The van der Waals surface area contributed by atoms with E-state index in [1.54, 1.807) is 0 Å². The fourth-order valence-electron chi connectivity index (χ4n) is 4.88. The van der Waals surface area contributed by atoms with Gasteiger partial charge in [-0.05, 0) is 69.0 Å². The van der Waals surface area contributed by atoms with E-state index >= 15 is 0 Å². The zero-order chi connectivity index (χ0) is 18.5. The van der Waals surface area contributed by atoms with E-state index in [0.29, 0.717) is 12.3 Å². The predicted molar refractivity (Wildman–Crippen MR) is 98.2 cm³/mol. The maximum absolute atomic E-state index is 12.4. The van der Waals surface area contributed by atoms with Gasteiger partial charge in [-0.25, -0.2) is 0 Å². The molecular weight excluding hydrogens is 320 g/mol. The Morgan fingerprint density at radius 3 is 2.33 bits per heavy atom. The second-order valence-corrected chi connectivity index (χ2v) is 14.4. The molecule has 140 valence electrons. The van der Waals surface area contributed by atoms with E-state index in [2.05, 4.69) is 40.8 Å². The van der Waals surface area contributed by atoms with Crippen LogP contribution in [0.2, 0.25) is 18.1 Å². The molecule has 0 heterocycles. The summed E-state index contributed by atoms with van der Waals surface area (Å²) in [6, 6.07) is 0. The van der Waals surface area contributed by atoms with Gasteiger partial charge in [-0.3, -0.25) is 4.79 Å². The van der Waals surface area contributed by atoms with Gasteiger partial charge in [0, 0.05) is 0 Å². The number of aliphatic hydroxyl groups excluding tert-OH is 1. The maximum atomic E-state index is 12.4. The van der Waals surface area contributed by atoms with Crippen LogP contribution < -0.4 is 0 Å². The van der Waals surface area contributed by atoms with Crippen molar-refractivity contribution >= 4 is 14.3 Å². The Morgan fingerprint density at radius 1 is 1.29 bits per heavy atom. The lowest BCUT2D eigenvalue weighted by Gasteiger charge is -2.45. The fraction of sp³-hybridized carbons (Fsp3) is 0.947. The molecule has 0 aromatic rings. The molecule has 2 rings (SSSR count). The summed E-state index contributed by atoms with van der Waals surface area (Å²) in [6.45, 7) is 15.4. The molecule has 0 spiro atoms. The Labute approximate surface area is 148 Å². The number of aliphatic hydroxyl groups is 1. The molecule has 24 heavy (non-hydrogen) atoms. The van der Waals surface area contributed by atoms with Gasteiger partial charge >= 0.3 is 5.97 Å². The number of methoxy groups -OCH3 is 1. The molecule has 2 aliphatic rings. The average Bonchev–Trinajstić information content (AvgIpc) is 2.97. The van der Waals surface area contributed by atoms with Crippen LogP contribution in [0, 0.1) is 23.7 Å². The summed E-state index contributed by atoms with van der Waals surface area (Å²) in [6.07, 6.45) is 2.32. The summed E-state index contributed by atoms with van der Waals surface area (Å²) in [7, 11) is -0.474. The molecular formula is C19H36O4Si. The normalized spacial score (nSPS) is 38.0. The first-order valence-electron chi connectivity index (χ1n) is 9.30. The highest BCUT2D eigenvalue weighted by Gasteiger charge is 2.61. The lowest BCUT2D eigenvalue weighted by Crippen LogP contribution is -2.50. The highest BCUT2D eigenvalue weighted by atomic mass is 28.4. The van der Waals surface area contributed by atoms with Gasteiger partial charge in [-0.1, -0.05) is 20.8 Å². The number of ether oxygens (including phenoxy) is 1. The maximum Gasteiger partial charge on any atom is 0.309 e. The summed E-state index contributed by atoms with van der Waals surface area (Å²) in [5, 5.41) is 10.4. The number of hydrogen-bond donors (Lipinski definition) is 1. The van der Waals surface area contributed by atoms with Gasteiger partial charge in [-0.15, -0.1) is 0 Å². The number of fused-ring (bicyclic) bond motifs is 1. The minimum absolute atomic E-state index is 0.136. The Hall–Kier alpha value is -0.393. The van der Waals surface area contributed by atoms with Gasteiger partial charge in [0.1, 0.15) is 0 Å². The second-order valence-electron chi connectivity index (χ2n) is 9.67. The van der Waals surface area contributed by atoms with Crippen LogP contribution in [0.3, 0.4) is 0 Å². The zero-order valence-electron chi connectivity index (χ0n) is 16.7. The molecule has 0 unspecified atom stereocenters. The molecule has 2 fully saturated rings. The summed E-state index contributed by atoms with van der Waals surface area (Å²) < 4.78 is 12.0. The first kappa shape index (κ1) is 19.9. The van der Waals surface area contributed by atoms with Crippen LogP contribution in [-0.2, 0) is 14.0 Å². The van der Waals surface area contributed by atoms with Gasteiger partial charge in [0.05, 0.1) is 24.7 Å². The highest BCUT2D eigenvalue weighted by Crippen LogP contribution is 2.59. The van der Waals surface area contributed by atoms with Crippen molar-refractivity contribution in [1.29, 1.82) is 0 Å². The summed E-state index contributed by atoms with van der Waals surface area (Å²) in [5.41, 5.74) is -0.295. The van der Waals surface area contributed by atoms with Crippen LogP contribution >= 0.6 is 0 Å². The van der Waals surface area contributed by atoms with Crippen LogP contribution in [0.1, 0.15) is 53.9 Å². The number of carbonyl (C=O) groups excluding carboxylic acids is 1. The lowest BCUT2D eigenvalue weighted by molar-refractivity contribution is -0.148. The Morgan fingerprint density at radius 2 is 1.88 bits per heavy atom. The van der Waals surface area contributed by atoms with E-state index in [9.17, 15) is 9.90 Å². The van der Waals surface area contributed by atoms with E-state index in [-0.39, 0.29) is 40.5 Å². The number of hydrogen-bond acceptors (Lipinski definition) is 4. The molecule has 5 heteroatoms. The van der Waals surface area contributed by atoms with Crippen molar-refractivity contribution in [3.05, 3.63) is 0 Å². The monoisotopic (exact) mass is 356 g/mol. The third-order valence-electron chi connectivity index (χ3n) is 7.06. The standard InChI is InChI=1S/C19H36O4Si/c1-12(20)13-9-10-15-16(13)14(17(21)22-6)11-19(15,5)23-24(7,8)18(2,3)4/h12-16,20H,9-11H2,1-8H3/t12-,13-,14-,15+,16+,19+/m0/s1. The van der Waals surface area contributed by atoms with Crippen molar-refractivity contribution in [2.75, 3.05) is 7.11 Å². The predicted octanol–water partition coefficient (Wildman–Crippen LogP) is 3.98. The second kappa shape index (κ2) is 6.40. The number of esters is 1. The van der Waals surface area contributed by atoms with E-state index in [0.717, 1.165) is 12.8 Å². The molecule has 0 radical (unpaired) electrons. The molecule has 0 bridgehead atoms. The number of carbonyl (C=O) groups is 1. The average molecular weight is 357 g/mol. The van der Waals surface area contributed by atoms with Crippen molar-refractivity contribution in [2.24, 2.45) is 23.7 Å². The minimum Gasteiger partial charge on any atom is -0.469 e. The van der Waals surface area contributed by atoms with E-state index < -0.39 is 8.32 Å². The molecule has 1 N–H and O–H groups in total. The molecule has 0 saturated heterocycles. The first-order valence-corrected chi connectivity index (χ1v) is 12.2. The first-order chi connectivity index (χ1) is 10.8. The Balaban J connectivity index is 2.34. The molecule has 0 aliphatic heterocycles. The van der Waals surface area contributed by atoms with Crippen molar-refractivity contribution in [2.45, 2.75) is 83.7 Å². The highest BCUT2D eigenvalue weighted by molar-refractivity contribution is 6.74. The van der Waals surface area contributed by atoms with Gasteiger partial charge in [0.25, 0.3) is 0 Å². The van der Waals surface area contributed by atoms with Crippen LogP contribution in [0.25, 0.3) is 0 Å². The zero-order valence-corrected chi connectivity index (χ0v) is 17.7. The van der Waals surface area contributed by atoms with E-state index in [1.807, 2.05) is 6.92 Å². The fourth-order valence-corrected chi connectivity index (χ4v) is 6.59. The van der Waals surface area contributed by atoms with Crippen LogP contribution in [0.4, 0.5) is 0 Å². The van der Waals surface area contributed by atoms with Gasteiger partial charge in [0.15, 0.2) is 8.32 Å². The van der Waals surface area contributed by atoms with Crippen LogP contribution in [0.5, 0.6) is 0 Å². The van der Waals surface area contributed by atoms with E-state index in [1.165, 1.54) is 7.11 Å². The topological polar surface area (TPSA) is 55.8 Å². The molecule has 0 aromatic heterocycles. The molecule has 0 amide bonds. The smallest absolute Gasteiger partial charge is 0.309 e. The molecule has 2 saturated carbocycles. The summed E-state index contributed by atoms with van der Waals surface area (Å²) >= 11 is 0. The number of rotatable bonds is 4. The molecule has 4 nitrogen and oxygen atoms in total. The summed E-state index contributed by atoms with van der Waals surface area (Å²) in [5.74, 6) is 0.378. The van der Waals surface area contributed by atoms with Crippen LogP contribution in [0.15, 0.2) is 0 Å². The van der Waals surface area contributed by atoms with Gasteiger partial charge < -0.3 is 14.3 Å².